The molecule has 1 aromatic heterocycles. The predicted molar refractivity (Wildman–Crippen MR) is 152 cm³/mol. The van der Waals surface area contributed by atoms with E-state index in [0.717, 1.165) is 6.42 Å². The molecule has 11 heteroatoms. The summed E-state index contributed by atoms with van der Waals surface area (Å²) in [6.45, 7) is 15.1. The molecule has 3 amide bonds. The Kier molecular flexibility index (Phi) is 8.70. The second kappa shape index (κ2) is 11.5. The Bertz CT molecular complexity index is 1170. The van der Waals surface area contributed by atoms with E-state index in [1.807, 2.05) is 46.4 Å². The van der Waals surface area contributed by atoms with Gasteiger partial charge in [0.1, 0.15) is 5.60 Å². The van der Waals surface area contributed by atoms with Gasteiger partial charge in [-0.3, -0.25) is 19.5 Å². The standard InChI is InChI=1S/C30H45F2N5O4/c1-8-11-30(31,32)21-13-23-26(33-14-21)29(6,7)19-37(23)25(39)18-35-15-20(2)36(27(40)41-28(3,4)5)17-22(35)16-34-12-9-10-24(34)38/h13-14,20,22H,8-12,15-19H2,1-7H3/t20-,22+/m1/s1. The first-order chi connectivity index (χ1) is 19.0. The first kappa shape index (κ1) is 31.1. The molecule has 228 valence electrons. The Morgan fingerprint density at radius 1 is 1.20 bits per heavy atom. The number of hydrogen-bond donors (Lipinski definition) is 0. The summed E-state index contributed by atoms with van der Waals surface area (Å²) in [7, 11) is 0. The third-order valence-electron chi connectivity index (χ3n) is 8.16. The number of aromatic nitrogens is 1. The highest BCUT2D eigenvalue weighted by atomic mass is 19.3. The fraction of sp³-hybridized carbons (Fsp3) is 0.733. The van der Waals surface area contributed by atoms with Crippen LogP contribution in [-0.2, 0) is 25.7 Å². The molecular formula is C30H45F2N5O4. The number of pyridine rings is 1. The number of carbonyl (C=O) groups is 3. The van der Waals surface area contributed by atoms with Crippen molar-refractivity contribution >= 4 is 23.6 Å². The van der Waals surface area contributed by atoms with Crippen molar-refractivity contribution < 1.29 is 27.9 Å². The van der Waals surface area contributed by atoms with Crippen molar-refractivity contribution in [3.63, 3.8) is 0 Å². The second-order valence-corrected chi connectivity index (χ2v) is 13.4. The number of anilines is 1. The largest absolute Gasteiger partial charge is 0.444 e. The SMILES string of the molecule is CCCC(F)(F)c1cnc2c(c1)N(C(=O)CN1C[C@@H](C)N(C(=O)OC(C)(C)C)C[C@@H]1CN1CCCC1=O)CC2(C)C. The number of halogens is 2. The van der Waals surface area contributed by atoms with Crippen molar-refractivity contribution in [3.05, 3.63) is 23.5 Å². The van der Waals surface area contributed by atoms with Crippen LogP contribution in [-0.4, -0.2) is 94.5 Å². The average Bonchev–Trinajstić information content (AvgIpc) is 3.38. The number of alkyl halides is 2. The molecule has 3 aliphatic rings. The van der Waals surface area contributed by atoms with Crippen LogP contribution in [0.25, 0.3) is 0 Å². The number of fused-ring (bicyclic) bond motifs is 1. The number of carbonyl (C=O) groups excluding carboxylic acids is 3. The third-order valence-corrected chi connectivity index (χ3v) is 8.16. The van der Waals surface area contributed by atoms with E-state index in [0.29, 0.717) is 56.9 Å². The summed E-state index contributed by atoms with van der Waals surface area (Å²) in [5.74, 6) is -3.18. The molecule has 3 aliphatic heterocycles. The molecule has 2 atom stereocenters. The van der Waals surface area contributed by atoms with Crippen molar-refractivity contribution in [2.45, 2.75) is 103 Å². The molecule has 0 N–H and O–H groups in total. The molecule has 0 spiro atoms. The van der Waals surface area contributed by atoms with E-state index in [1.165, 1.54) is 12.3 Å². The maximum absolute atomic E-state index is 14.8. The highest BCUT2D eigenvalue weighted by Crippen LogP contribution is 2.43. The average molecular weight is 578 g/mol. The lowest BCUT2D eigenvalue weighted by molar-refractivity contribution is -0.129. The zero-order chi connectivity index (χ0) is 30.3. The molecule has 4 heterocycles. The number of amides is 3. The van der Waals surface area contributed by atoms with E-state index in [-0.39, 0.29) is 42.4 Å². The lowest BCUT2D eigenvalue weighted by Crippen LogP contribution is -2.63. The van der Waals surface area contributed by atoms with Crippen molar-refractivity contribution in [1.29, 1.82) is 0 Å². The van der Waals surface area contributed by atoms with Crippen LogP contribution in [0.5, 0.6) is 0 Å². The maximum atomic E-state index is 14.8. The quantitative estimate of drug-likeness (QED) is 0.474. The third kappa shape index (κ3) is 6.81. The molecule has 0 saturated carbocycles. The van der Waals surface area contributed by atoms with Crippen LogP contribution in [0.4, 0.5) is 19.3 Å². The first-order valence-electron chi connectivity index (χ1n) is 14.7. The summed E-state index contributed by atoms with van der Waals surface area (Å²) in [6, 6.07) is 0.915. The smallest absolute Gasteiger partial charge is 0.410 e. The van der Waals surface area contributed by atoms with Crippen LogP contribution in [0.1, 0.15) is 85.4 Å². The maximum Gasteiger partial charge on any atom is 0.410 e. The second-order valence-electron chi connectivity index (χ2n) is 13.4. The van der Waals surface area contributed by atoms with Crippen LogP contribution in [0.2, 0.25) is 0 Å². The van der Waals surface area contributed by atoms with Gasteiger partial charge in [0.25, 0.3) is 5.92 Å². The van der Waals surface area contributed by atoms with Gasteiger partial charge in [0, 0.05) is 74.8 Å². The van der Waals surface area contributed by atoms with Crippen molar-refractivity contribution in [2.75, 3.05) is 44.2 Å². The molecule has 2 saturated heterocycles. The summed E-state index contributed by atoms with van der Waals surface area (Å²) in [6.07, 6.45) is 2.14. The first-order valence-corrected chi connectivity index (χ1v) is 14.7. The Morgan fingerprint density at radius 2 is 1.90 bits per heavy atom. The lowest BCUT2D eigenvalue weighted by atomic mass is 9.91. The summed E-state index contributed by atoms with van der Waals surface area (Å²) < 4.78 is 35.3. The van der Waals surface area contributed by atoms with E-state index in [9.17, 15) is 23.2 Å². The van der Waals surface area contributed by atoms with E-state index in [2.05, 4.69) is 4.98 Å². The van der Waals surface area contributed by atoms with E-state index in [1.54, 1.807) is 21.6 Å². The van der Waals surface area contributed by atoms with E-state index in [4.69, 9.17) is 4.74 Å². The Morgan fingerprint density at radius 3 is 2.51 bits per heavy atom. The summed E-state index contributed by atoms with van der Waals surface area (Å²) >= 11 is 0. The van der Waals surface area contributed by atoms with Gasteiger partial charge in [-0.25, -0.2) is 13.6 Å². The van der Waals surface area contributed by atoms with Gasteiger partial charge in [-0.1, -0.05) is 27.2 Å². The number of piperazine rings is 1. The highest BCUT2D eigenvalue weighted by Gasteiger charge is 2.44. The number of likely N-dealkylation sites (tertiary alicyclic amines) is 1. The minimum absolute atomic E-state index is 0.0320. The van der Waals surface area contributed by atoms with Gasteiger partial charge in [0.15, 0.2) is 0 Å². The van der Waals surface area contributed by atoms with Gasteiger partial charge in [-0.2, -0.15) is 0 Å². The Balaban J connectivity index is 1.58. The van der Waals surface area contributed by atoms with Crippen molar-refractivity contribution in [2.24, 2.45) is 0 Å². The molecule has 41 heavy (non-hydrogen) atoms. The van der Waals surface area contributed by atoms with Crippen molar-refractivity contribution in [3.8, 4) is 0 Å². The molecule has 0 bridgehead atoms. The van der Waals surface area contributed by atoms with Crippen LogP contribution in [0, 0.1) is 0 Å². The zero-order valence-electron chi connectivity index (χ0n) is 25.5. The predicted octanol–water partition coefficient (Wildman–Crippen LogP) is 4.53. The van der Waals surface area contributed by atoms with Gasteiger partial charge in [0.2, 0.25) is 11.8 Å². The van der Waals surface area contributed by atoms with Gasteiger partial charge in [0.05, 0.1) is 17.9 Å². The van der Waals surface area contributed by atoms with Crippen LogP contribution < -0.4 is 4.90 Å². The fourth-order valence-corrected chi connectivity index (χ4v) is 6.08. The summed E-state index contributed by atoms with van der Waals surface area (Å²) in [4.78, 5) is 50.9. The van der Waals surface area contributed by atoms with Gasteiger partial charge in [-0.15, -0.1) is 0 Å². The minimum Gasteiger partial charge on any atom is -0.444 e. The molecule has 9 nitrogen and oxygen atoms in total. The van der Waals surface area contributed by atoms with E-state index >= 15 is 0 Å². The zero-order valence-corrected chi connectivity index (χ0v) is 25.5. The Labute approximate surface area is 242 Å². The molecule has 1 aromatic rings. The van der Waals surface area contributed by atoms with Crippen LogP contribution in [0.3, 0.4) is 0 Å². The topological polar surface area (TPSA) is 86.3 Å². The molecule has 4 rings (SSSR count). The Hall–Kier alpha value is -2.82. The molecule has 0 aliphatic carbocycles. The highest BCUT2D eigenvalue weighted by molar-refractivity contribution is 5.97. The molecular weight excluding hydrogens is 532 g/mol. The van der Waals surface area contributed by atoms with Gasteiger partial charge in [-0.05, 0) is 40.2 Å². The minimum atomic E-state index is -3.03. The fourth-order valence-electron chi connectivity index (χ4n) is 6.08. The number of ether oxygens (including phenoxy) is 1. The van der Waals surface area contributed by atoms with Crippen LogP contribution >= 0.6 is 0 Å². The van der Waals surface area contributed by atoms with E-state index < -0.39 is 23.0 Å². The van der Waals surface area contributed by atoms with Gasteiger partial charge < -0.3 is 19.4 Å². The van der Waals surface area contributed by atoms with Crippen LogP contribution in [0.15, 0.2) is 12.3 Å². The number of rotatable bonds is 7. The number of nitrogens with zero attached hydrogens (tertiary/aromatic N) is 5. The molecule has 0 aromatic carbocycles. The number of hydrogen-bond acceptors (Lipinski definition) is 6. The summed E-state index contributed by atoms with van der Waals surface area (Å²) in [5.41, 5.74) is -0.266. The van der Waals surface area contributed by atoms with Crippen molar-refractivity contribution in [1.82, 2.24) is 19.7 Å². The lowest BCUT2D eigenvalue weighted by Gasteiger charge is -2.46. The normalized spacial score (nSPS) is 23.2. The summed E-state index contributed by atoms with van der Waals surface area (Å²) in [5, 5.41) is 0. The van der Waals surface area contributed by atoms with Gasteiger partial charge >= 0.3 is 6.09 Å². The monoisotopic (exact) mass is 577 g/mol. The molecule has 2 fully saturated rings. The molecule has 0 radical (unpaired) electrons. The molecule has 0 unspecified atom stereocenters.